The molecule has 0 radical (unpaired) electrons. The highest BCUT2D eigenvalue weighted by Gasteiger charge is 2.18. The van der Waals surface area contributed by atoms with Crippen molar-refractivity contribution in [3.05, 3.63) is 40.1 Å². The predicted molar refractivity (Wildman–Crippen MR) is 76.9 cm³/mol. The van der Waals surface area contributed by atoms with E-state index in [1.54, 1.807) is 6.33 Å². The van der Waals surface area contributed by atoms with E-state index in [2.05, 4.69) is 15.2 Å². The molecular weight excluding hydrogens is 282 g/mol. The summed E-state index contributed by atoms with van der Waals surface area (Å²) in [5.74, 6) is 0.830. The second kappa shape index (κ2) is 4.47. The first-order valence-corrected chi connectivity index (χ1v) is 6.61. The molecule has 3 aromatic rings. The van der Waals surface area contributed by atoms with Crippen molar-refractivity contribution in [3.63, 3.8) is 0 Å². The lowest BCUT2D eigenvalue weighted by molar-refractivity contribution is 0.581. The van der Waals surface area contributed by atoms with Crippen molar-refractivity contribution in [2.75, 3.05) is 0 Å². The minimum Gasteiger partial charge on any atom is -0.331 e. The smallest absolute Gasteiger partial charge is 0.178 e. The summed E-state index contributed by atoms with van der Waals surface area (Å²) >= 11 is 11.7. The maximum absolute atomic E-state index is 6.29. The highest BCUT2D eigenvalue weighted by molar-refractivity contribution is 7.71. The topological polar surface area (TPSA) is 51.4 Å². The third-order valence-electron chi connectivity index (χ3n) is 3.20. The fourth-order valence-electron chi connectivity index (χ4n) is 2.29. The van der Waals surface area contributed by atoms with Crippen LogP contribution in [0.3, 0.4) is 0 Å². The van der Waals surface area contributed by atoms with Crippen molar-refractivity contribution in [3.8, 4) is 0 Å². The van der Waals surface area contributed by atoms with Gasteiger partial charge in [0.25, 0.3) is 0 Å². The Morgan fingerprint density at radius 1 is 1.42 bits per heavy atom. The van der Waals surface area contributed by atoms with E-state index in [9.17, 15) is 0 Å². The van der Waals surface area contributed by atoms with Crippen LogP contribution in [0.25, 0.3) is 11.0 Å². The van der Waals surface area contributed by atoms with Crippen molar-refractivity contribution in [2.45, 2.75) is 13.0 Å². The molecule has 0 aliphatic rings. The molecule has 1 aromatic carbocycles. The summed E-state index contributed by atoms with van der Waals surface area (Å²) in [5.41, 5.74) is 1.82. The maximum Gasteiger partial charge on any atom is 0.178 e. The van der Waals surface area contributed by atoms with Crippen LogP contribution in [0.5, 0.6) is 0 Å². The van der Waals surface area contributed by atoms with Gasteiger partial charge in [-0.25, -0.2) is 0 Å². The van der Waals surface area contributed by atoms with E-state index in [1.807, 2.05) is 41.3 Å². The van der Waals surface area contributed by atoms with Crippen molar-refractivity contribution >= 4 is 34.9 Å². The van der Waals surface area contributed by atoms with Crippen molar-refractivity contribution in [1.29, 1.82) is 0 Å². The average Bonchev–Trinajstić information content (AvgIpc) is 2.92. The number of aryl methyl sites for hydroxylation is 1. The molecule has 0 spiro atoms. The highest BCUT2D eigenvalue weighted by Crippen LogP contribution is 2.28. The number of hydrogen-bond donors (Lipinski definition) is 1. The van der Waals surface area contributed by atoms with Crippen molar-refractivity contribution in [1.82, 2.24) is 24.3 Å². The van der Waals surface area contributed by atoms with Gasteiger partial charge in [-0.3, -0.25) is 0 Å². The lowest BCUT2D eigenvalue weighted by atomic mass is 10.2. The molecule has 2 aromatic heterocycles. The number of aromatic nitrogens is 5. The van der Waals surface area contributed by atoms with Crippen molar-refractivity contribution in [2.24, 2.45) is 7.05 Å². The molecule has 0 aliphatic carbocycles. The molecule has 19 heavy (non-hydrogen) atoms. The summed E-state index contributed by atoms with van der Waals surface area (Å²) in [6, 6.07) is 5.66. The molecule has 1 unspecified atom stereocenters. The lowest BCUT2D eigenvalue weighted by Crippen LogP contribution is -2.12. The zero-order valence-corrected chi connectivity index (χ0v) is 12.0. The normalized spacial score (nSPS) is 13.0. The number of nitrogens with one attached hydrogen (secondary N) is 1. The average molecular weight is 294 g/mol. The third-order valence-corrected chi connectivity index (χ3v) is 3.80. The van der Waals surface area contributed by atoms with Gasteiger partial charge in [0.15, 0.2) is 10.6 Å². The fraction of sp³-hybridized carbons (Fsp3) is 0.250. The Morgan fingerprint density at radius 3 is 2.89 bits per heavy atom. The van der Waals surface area contributed by atoms with Crippen LogP contribution >= 0.6 is 23.8 Å². The van der Waals surface area contributed by atoms with E-state index in [0.29, 0.717) is 9.79 Å². The zero-order valence-electron chi connectivity index (χ0n) is 10.5. The molecule has 0 amide bonds. The lowest BCUT2D eigenvalue weighted by Gasteiger charge is -2.14. The minimum absolute atomic E-state index is 0.0475. The number of para-hydroxylation sites is 1. The SMILES string of the molecule is CC(c1nncn1C)n1c(=S)[nH]c2cccc(Cl)c21. The number of fused-ring (bicyclic) bond motifs is 1. The van der Waals surface area contributed by atoms with Crippen LogP contribution in [0.4, 0.5) is 0 Å². The first-order chi connectivity index (χ1) is 9.09. The summed E-state index contributed by atoms with van der Waals surface area (Å²) in [6.45, 7) is 2.02. The van der Waals surface area contributed by atoms with E-state index in [0.717, 1.165) is 16.9 Å². The van der Waals surface area contributed by atoms with Crippen LogP contribution in [-0.2, 0) is 7.05 Å². The standard InChI is InChI=1S/C12H12ClN5S/c1-7(11-16-14-6-17(11)2)18-10-8(13)4-3-5-9(10)15-12(18)19/h3-7H,1-2H3,(H,15,19). The van der Waals surface area contributed by atoms with Gasteiger partial charge in [0.1, 0.15) is 6.33 Å². The van der Waals surface area contributed by atoms with Crippen LogP contribution in [0.15, 0.2) is 24.5 Å². The largest absolute Gasteiger partial charge is 0.331 e. The van der Waals surface area contributed by atoms with E-state index in [1.165, 1.54) is 0 Å². The first-order valence-electron chi connectivity index (χ1n) is 5.82. The second-order valence-corrected chi connectivity index (χ2v) is 5.21. The van der Waals surface area contributed by atoms with E-state index < -0.39 is 0 Å². The molecule has 0 aliphatic heterocycles. The Labute approximate surface area is 119 Å². The van der Waals surface area contributed by atoms with Crippen LogP contribution in [-0.4, -0.2) is 24.3 Å². The van der Waals surface area contributed by atoms with Crippen molar-refractivity contribution < 1.29 is 0 Å². The van der Waals surface area contributed by atoms with Gasteiger partial charge in [0.05, 0.1) is 22.1 Å². The number of benzene rings is 1. The molecule has 0 saturated carbocycles. The zero-order chi connectivity index (χ0) is 13.6. The van der Waals surface area contributed by atoms with E-state index in [-0.39, 0.29) is 6.04 Å². The molecule has 98 valence electrons. The van der Waals surface area contributed by atoms with Gasteiger partial charge in [0, 0.05) is 7.05 Å². The number of H-pyrrole nitrogens is 1. The molecule has 1 N–H and O–H groups in total. The molecule has 2 heterocycles. The van der Waals surface area contributed by atoms with Crippen LogP contribution in [0.2, 0.25) is 5.02 Å². The Hall–Kier alpha value is -1.66. The van der Waals surface area contributed by atoms with Gasteiger partial charge >= 0.3 is 0 Å². The molecule has 0 fully saturated rings. The van der Waals surface area contributed by atoms with E-state index in [4.69, 9.17) is 23.8 Å². The molecule has 5 nitrogen and oxygen atoms in total. The summed E-state index contributed by atoms with van der Waals surface area (Å²) < 4.78 is 4.47. The maximum atomic E-state index is 6.29. The number of hydrogen-bond acceptors (Lipinski definition) is 3. The van der Waals surface area contributed by atoms with Crippen LogP contribution < -0.4 is 0 Å². The summed E-state index contributed by atoms with van der Waals surface area (Å²) in [4.78, 5) is 3.17. The number of rotatable bonds is 2. The molecule has 3 rings (SSSR count). The Bertz CT molecular complexity index is 800. The predicted octanol–water partition coefficient (Wildman–Crippen LogP) is 3.09. The van der Waals surface area contributed by atoms with Gasteiger partial charge in [-0.15, -0.1) is 10.2 Å². The summed E-state index contributed by atoms with van der Waals surface area (Å²) in [5, 5.41) is 8.71. The molecule has 0 bridgehead atoms. The Morgan fingerprint density at radius 2 is 2.21 bits per heavy atom. The Balaban J connectivity index is 2.28. The van der Waals surface area contributed by atoms with Gasteiger partial charge < -0.3 is 14.1 Å². The van der Waals surface area contributed by atoms with E-state index >= 15 is 0 Å². The molecule has 7 heteroatoms. The van der Waals surface area contributed by atoms with Gasteiger partial charge in [-0.1, -0.05) is 17.7 Å². The summed E-state index contributed by atoms with van der Waals surface area (Å²) in [6.07, 6.45) is 1.67. The number of nitrogens with zero attached hydrogens (tertiary/aromatic N) is 4. The second-order valence-electron chi connectivity index (χ2n) is 4.41. The van der Waals surface area contributed by atoms with Gasteiger partial charge in [0.2, 0.25) is 0 Å². The van der Waals surface area contributed by atoms with Crippen LogP contribution in [0.1, 0.15) is 18.8 Å². The quantitative estimate of drug-likeness (QED) is 0.739. The molecule has 1 atom stereocenters. The number of halogens is 1. The van der Waals surface area contributed by atoms with Crippen LogP contribution in [0, 0.1) is 4.77 Å². The fourth-order valence-corrected chi connectivity index (χ4v) is 2.92. The Kier molecular flexibility index (Phi) is 2.91. The first kappa shape index (κ1) is 12.4. The van der Waals surface area contributed by atoms with Gasteiger partial charge in [-0.2, -0.15) is 0 Å². The number of aromatic amines is 1. The highest BCUT2D eigenvalue weighted by atomic mass is 35.5. The third kappa shape index (κ3) is 1.87. The van der Waals surface area contributed by atoms with Gasteiger partial charge in [-0.05, 0) is 31.3 Å². The minimum atomic E-state index is -0.0475. The molecular formula is C12H12ClN5S. The monoisotopic (exact) mass is 293 g/mol. The number of imidazole rings is 1. The summed E-state index contributed by atoms with van der Waals surface area (Å²) in [7, 11) is 1.91. The molecule has 0 saturated heterocycles.